The Morgan fingerprint density at radius 3 is 2.68 bits per heavy atom. The smallest absolute Gasteiger partial charge is 0.142 e. The highest BCUT2D eigenvalue weighted by Crippen LogP contribution is 2.38. The third-order valence-corrected chi connectivity index (χ3v) is 6.44. The fourth-order valence-corrected chi connectivity index (χ4v) is 4.72. The number of nitrogens with zero attached hydrogens (tertiary/aromatic N) is 4. The molecule has 0 amide bonds. The number of pyridine rings is 1. The van der Waals surface area contributed by atoms with E-state index in [9.17, 15) is 19.7 Å². The van der Waals surface area contributed by atoms with E-state index in [4.69, 9.17) is 27.9 Å². The minimum absolute atomic E-state index is 0.0208. The summed E-state index contributed by atoms with van der Waals surface area (Å²) in [5.41, 5.74) is -0.101. The molecule has 12 heteroatoms. The Kier molecular flexibility index (Phi) is 6.77. The van der Waals surface area contributed by atoms with Gasteiger partial charge >= 0.3 is 0 Å². The minimum atomic E-state index is -1.27. The number of thioether (sulfide) groups is 1. The zero-order valence-corrected chi connectivity index (χ0v) is 18.0. The van der Waals surface area contributed by atoms with Crippen LogP contribution in [0, 0.1) is 5.82 Å². The molecule has 1 saturated heterocycles. The van der Waals surface area contributed by atoms with Crippen LogP contribution in [0.25, 0.3) is 11.3 Å². The molecular formula is C19H17Cl2FN4O4S. The summed E-state index contributed by atoms with van der Waals surface area (Å²) in [6.07, 6.45) is 1.04. The first-order valence-electron chi connectivity index (χ1n) is 9.14. The second kappa shape index (κ2) is 9.37. The molecule has 164 valence electrons. The van der Waals surface area contributed by atoms with E-state index < -0.39 is 42.2 Å². The van der Waals surface area contributed by atoms with Crippen LogP contribution in [-0.4, -0.2) is 65.7 Å². The molecule has 0 radical (unpaired) electrons. The van der Waals surface area contributed by atoms with E-state index in [-0.39, 0.29) is 5.02 Å². The van der Waals surface area contributed by atoms with Gasteiger partial charge in [-0.3, -0.25) is 4.98 Å². The maximum Gasteiger partial charge on any atom is 0.142 e. The van der Waals surface area contributed by atoms with Gasteiger partial charge in [0.15, 0.2) is 0 Å². The highest BCUT2D eigenvalue weighted by Gasteiger charge is 2.46. The van der Waals surface area contributed by atoms with Crippen LogP contribution in [0.3, 0.4) is 0 Å². The lowest BCUT2D eigenvalue weighted by molar-refractivity contribution is -0.178. The molecule has 0 aliphatic carbocycles. The molecule has 0 bridgehead atoms. The molecule has 8 nitrogen and oxygen atoms in total. The molecule has 5 atom stereocenters. The van der Waals surface area contributed by atoms with Crippen molar-refractivity contribution in [2.75, 3.05) is 6.61 Å². The van der Waals surface area contributed by atoms with Crippen molar-refractivity contribution in [2.24, 2.45) is 0 Å². The Hall–Kier alpha value is -1.79. The van der Waals surface area contributed by atoms with E-state index in [2.05, 4.69) is 15.3 Å². The van der Waals surface area contributed by atoms with Gasteiger partial charge < -0.3 is 20.1 Å². The molecule has 2 unspecified atom stereocenters. The van der Waals surface area contributed by atoms with Crippen molar-refractivity contribution in [1.82, 2.24) is 20.0 Å². The summed E-state index contributed by atoms with van der Waals surface area (Å²) in [5.74, 6) is -0.605. The van der Waals surface area contributed by atoms with Gasteiger partial charge in [0.05, 0.1) is 22.8 Å². The van der Waals surface area contributed by atoms with Crippen molar-refractivity contribution < 1.29 is 24.4 Å². The van der Waals surface area contributed by atoms with E-state index >= 15 is 0 Å². The fourth-order valence-electron chi connectivity index (χ4n) is 3.28. The summed E-state index contributed by atoms with van der Waals surface area (Å²) in [6, 6.07) is 4.88. The van der Waals surface area contributed by atoms with Crippen LogP contribution in [0.2, 0.25) is 10.0 Å². The van der Waals surface area contributed by atoms with Crippen LogP contribution < -0.4 is 0 Å². The number of aliphatic hydroxyl groups excluding tert-OH is 3. The number of hydrogen-bond donors (Lipinski definition) is 3. The standard InChI is InChI=1S/C19H17Cl2FN4O4S/c20-10-4-11(6-23-5-10)31-19-18(29)16(17(28)15(8-27)30-19)26-7-14(24-25-26)9-1-2-12(21)13(22)3-9/h1-7,15-19,27-29H,8H2/t15?,16?,17-,18-,19+/m0/s1. The summed E-state index contributed by atoms with van der Waals surface area (Å²) in [5, 5.41) is 39.7. The molecule has 3 N–H and O–H groups in total. The monoisotopic (exact) mass is 486 g/mol. The second-order valence-corrected chi connectivity index (χ2v) is 8.88. The molecule has 2 aromatic heterocycles. The highest BCUT2D eigenvalue weighted by atomic mass is 35.5. The Balaban J connectivity index is 1.62. The first kappa shape index (κ1) is 22.4. The van der Waals surface area contributed by atoms with E-state index in [1.165, 1.54) is 29.2 Å². The molecule has 4 rings (SSSR count). The summed E-state index contributed by atoms with van der Waals surface area (Å²) in [7, 11) is 0. The summed E-state index contributed by atoms with van der Waals surface area (Å²) >= 11 is 12.8. The maximum atomic E-state index is 13.8. The topological polar surface area (TPSA) is 114 Å². The number of hydrogen-bond acceptors (Lipinski definition) is 8. The maximum absolute atomic E-state index is 13.8. The first-order chi connectivity index (χ1) is 14.9. The number of rotatable bonds is 5. The predicted molar refractivity (Wildman–Crippen MR) is 112 cm³/mol. The van der Waals surface area contributed by atoms with Crippen LogP contribution in [-0.2, 0) is 4.74 Å². The first-order valence-corrected chi connectivity index (χ1v) is 10.8. The van der Waals surface area contributed by atoms with Gasteiger partial charge in [-0.2, -0.15) is 0 Å². The van der Waals surface area contributed by atoms with Crippen LogP contribution >= 0.6 is 35.0 Å². The number of halogens is 3. The largest absolute Gasteiger partial charge is 0.394 e. The van der Waals surface area contributed by atoms with Gasteiger partial charge in [-0.05, 0) is 18.2 Å². The number of aromatic nitrogens is 4. The highest BCUT2D eigenvalue weighted by molar-refractivity contribution is 7.99. The van der Waals surface area contributed by atoms with Gasteiger partial charge in [0.2, 0.25) is 0 Å². The third-order valence-electron chi connectivity index (χ3n) is 4.81. The molecule has 1 aliphatic heterocycles. The van der Waals surface area contributed by atoms with Crippen molar-refractivity contribution >= 4 is 35.0 Å². The summed E-state index contributed by atoms with van der Waals surface area (Å²) < 4.78 is 20.8. The quantitative estimate of drug-likeness (QED) is 0.504. The van der Waals surface area contributed by atoms with Crippen LogP contribution in [0.4, 0.5) is 4.39 Å². The van der Waals surface area contributed by atoms with E-state index in [0.717, 1.165) is 11.8 Å². The normalized spacial score (nSPS) is 26.2. The van der Waals surface area contributed by atoms with Crippen molar-refractivity contribution in [3.05, 3.63) is 58.7 Å². The Bertz CT molecular complexity index is 1070. The van der Waals surface area contributed by atoms with Crippen LogP contribution in [0.1, 0.15) is 6.04 Å². The SMILES string of the molecule is OCC1O[C@H](Sc2cncc(Cl)c2)[C@@H](O)C(n2cc(-c3ccc(Cl)c(F)c3)nn2)[C@H]1O. The molecule has 1 fully saturated rings. The van der Waals surface area contributed by atoms with Crippen molar-refractivity contribution in [3.8, 4) is 11.3 Å². The molecule has 1 aromatic carbocycles. The third kappa shape index (κ3) is 4.70. The zero-order valence-electron chi connectivity index (χ0n) is 15.7. The second-order valence-electron chi connectivity index (χ2n) is 6.87. The Morgan fingerprint density at radius 2 is 1.97 bits per heavy atom. The molecular weight excluding hydrogens is 470 g/mol. The van der Waals surface area contributed by atoms with Crippen molar-refractivity contribution in [3.63, 3.8) is 0 Å². The van der Waals surface area contributed by atoms with Crippen molar-refractivity contribution in [1.29, 1.82) is 0 Å². The minimum Gasteiger partial charge on any atom is -0.394 e. The predicted octanol–water partition coefficient (Wildman–Crippen LogP) is 2.56. The molecule has 31 heavy (non-hydrogen) atoms. The Morgan fingerprint density at radius 1 is 1.16 bits per heavy atom. The van der Waals surface area contributed by atoms with Crippen LogP contribution in [0.15, 0.2) is 47.8 Å². The van der Waals surface area contributed by atoms with Crippen LogP contribution in [0.5, 0.6) is 0 Å². The number of aliphatic hydroxyl groups is 3. The van der Waals surface area contributed by atoms with Crippen molar-refractivity contribution in [2.45, 2.75) is 34.7 Å². The number of benzene rings is 1. The molecule has 3 heterocycles. The molecule has 0 saturated carbocycles. The van der Waals surface area contributed by atoms with Gasteiger partial charge in [-0.15, -0.1) is 5.10 Å². The lowest BCUT2D eigenvalue weighted by atomic mass is 9.97. The summed E-state index contributed by atoms with van der Waals surface area (Å²) in [6.45, 7) is -0.473. The van der Waals surface area contributed by atoms with E-state index in [1.54, 1.807) is 18.3 Å². The van der Waals surface area contributed by atoms with Gasteiger partial charge in [-0.1, -0.05) is 46.2 Å². The lowest BCUT2D eigenvalue weighted by Crippen LogP contribution is -2.55. The van der Waals surface area contributed by atoms with E-state index in [0.29, 0.717) is 21.2 Å². The molecule has 3 aromatic rings. The Labute approximate surface area is 190 Å². The van der Waals surface area contributed by atoms with E-state index in [1.807, 2.05) is 0 Å². The average Bonchev–Trinajstić information content (AvgIpc) is 3.22. The zero-order chi connectivity index (χ0) is 22.1. The molecule has 1 aliphatic rings. The van der Waals surface area contributed by atoms with Gasteiger partial charge in [0, 0.05) is 22.9 Å². The average molecular weight is 487 g/mol. The molecule has 0 spiro atoms. The van der Waals surface area contributed by atoms with Gasteiger partial charge in [0.25, 0.3) is 0 Å². The van der Waals surface area contributed by atoms with Gasteiger partial charge in [-0.25, -0.2) is 9.07 Å². The van der Waals surface area contributed by atoms with Gasteiger partial charge in [0.1, 0.15) is 41.3 Å². The lowest BCUT2D eigenvalue weighted by Gasteiger charge is -2.41. The summed E-state index contributed by atoms with van der Waals surface area (Å²) in [4.78, 5) is 4.64. The fraction of sp³-hybridized carbons (Fsp3) is 0.316. The number of ether oxygens (including phenoxy) is 1.